The summed E-state index contributed by atoms with van der Waals surface area (Å²) in [5.41, 5.74) is 5.21. The molecule has 0 atom stereocenters. The number of anilines is 1. The number of benzene rings is 2. The lowest BCUT2D eigenvalue weighted by Crippen LogP contribution is -2.05. The highest BCUT2D eigenvalue weighted by Crippen LogP contribution is 2.26. The van der Waals surface area contributed by atoms with Crippen LogP contribution in [0.25, 0.3) is 21.5 Å². The molecule has 7 heteroatoms. The van der Waals surface area contributed by atoms with Crippen LogP contribution in [0.3, 0.4) is 0 Å². The molecule has 0 aliphatic carbocycles. The molecular weight excluding hydrogens is 415 g/mol. The average Bonchev–Trinajstić information content (AvgIpc) is 3.10. The van der Waals surface area contributed by atoms with Gasteiger partial charge in [0, 0.05) is 28.2 Å². The first-order chi connectivity index (χ1) is 12.6. The fraction of sp³-hybridized carbons (Fsp3) is 0.105. The van der Waals surface area contributed by atoms with Crippen molar-refractivity contribution < 1.29 is 4.39 Å². The fourth-order valence-electron chi connectivity index (χ4n) is 2.69. The maximum atomic E-state index is 13.9. The van der Waals surface area contributed by atoms with Crippen molar-refractivity contribution in [2.75, 3.05) is 5.32 Å². The number of hydrogen-bond donors (Lipinski definition) is 1. The molecule has 4 nitrogen and oxygen atoms in total. The predicted molar refractivity (Wildman–Crippen MR) is 107 cm³/mol. The summed E-state index contributed by atoms with van der Waals surface area (Å²) in [6.07, 6.45) is 0. The first-order valence-electron chi connectivity index (χ1n) is 7.95. The summed E-state index contributed by atoms with van der Waals surface area (Å²) in [6.45, 7) is 2.19. The molecule has 0 fully saturated rings. The van der Waals surface area contributed by atoms with Gasteiger partial charge in [-0.3, -0.25) is 0 Å². The SMILES string of the molecule is Cc1nc(NCc2cc(Br)ccc2F)cc(-c2ccc3ncsc3c2)n1. The number of thiazole rings is 1. The number of nitrogens with zero attached hydrogens (tertiary/aromatic N) is 3. The van der Waals surface area contributed by atoms with Gasteiger partial charge in [0.1, 0.15) is 17.5 Å². The van der Waals surface area contributed by atoms with E-state index in [2.05, 4.69) is 42.3 Å². The molecule has 4 rings (SSSR count). The third-order valence-electron chi connectivity index (χ3n) is 3.93. The number of rotatable bonds is 4. The van der Waals surface area contributed by atoms with Gasteiger partial charge in [0.15, 0.2) is 0 Å². The number of nitrogens with one attached hydrogen (secondary N) is 1. The van der Waals surface area contributed by atoms with E-state index in [9.17, 15) is 4.39 Å². The van der Waals surface area contributed by atoms with Gasteiger partial charge in [-0.1, -0.05) is 22.0 Å². The van der Waals surface area contributed by atoms with Gasteiger partial charge in [0.05, 0.1) is 21.4 Å². The molecule has 26 heavy (non-hydrogen) atoms. The average molecular weight is 429 g/mol. The fourth-order valence-corrected chi connectivity index (χ4v) is 3.81. The van der Waals surface area contributed by atoms with Gasteiger partial charge >= 0.3 is 0 Å². The van der Waals surface area contributed by atoms with Gasteiger partial charge < -0.3 is 5.32 Å². The van der Waals surface area contributed by atoms with E-state index in [1.54, 1.807) is 23.5 Å². The van der Waals surface area contributed by atoms with Crippen molar-refractivity contribution in [2.24, 2.45) is 0 Å². The van der Waals surface area contributed by atoms with Crippen molar-refractivity contribution in [3.05, 3.63) is 69.7 Å². The molecule has 0 aliphatic heterocycles. The van der Waals surface area contributed by atoms with Crippen molar-refractivity contribution in [3.63, 3.8) is 0 Å². The van der Waals surface area contributed by atoms with Crippen LogP contribution >= 0.6 is 27.3 Å². The molecule has 130 valence electrons. The van der Waals surface area contributed by atoms with Crippen LogP contribution in [0.5, 0.6) is 0 Å². The van der Waals surface area contributed by atoms with E-state index < -0.39 is 0 Å². The maximum Gasteiger partial charge on any atom is 0.130 e. The molecule has 0 saturated carbocycles. The van der Waals surface area contributed by atoms with Gasteiger partial charge in [0.2, 0.25) is 0 Å². The van der Waals surface area contributed by atoms with Crippen LogP contribution in [0.2, 0.25) is 0 Å². The first kappa shape index (κ1) is 17.1. The molecule has 0 radical (unpaired) electrons. The molecule has 0 bridgehead atoms. The van der Waals surface area contributed by atoms with Crippen molar-refractivity contribution in [2.45, 2.75) is 13.5 Å². The largest absolute Gasteiger partial charge is 0.366 e. The second-order valence-electron chi connectivity index (χ2n) is 5.81. The molecule has 1 N–H and O–H groups in total. The van der Waals surface area contributed by atoms with Gasteiger partial charge in [-0.15, -0.1) is 11.3 Å². The summed E-state index contributed by atoms with van der Waals surface area (Å²) >= 11 is 4.97. The Morgan fingerprint density at radius 2 is 2.00 bits per heavy atom. The molecule has 0 spiro atoms. The second kappa shape index (κ2) is 7.09. The summed E-state index contributed by atoms with van der Waals surface area (Å²) in [6, 6.07) is 12.8. The van der Waals surface area contributed by atoms with E-state index in [4.69, 9.17) is 0 Å². The molecule has 2 aromatic carbocycles. The molecule has 4 aromatic rings. The molecule has 0 saturated heterocycles. The lowest BCUT2D eigenvalue weighted by Gasteiger charge is -2.10. The van der Waals surface area contributed by atoms with Crippen LogP contribution in [0.1, 0.15) is 11.4 Å². The molecular formula is C19H14BrFN4S. The zero-order valence-corrected chi connectivity index (χ0v) is 16.2. The zero-order chi connectivity index (χ0) is 18.1. The highest BCUT2D eigenvalue weighted by atomic mass is 79.9. The molecule has 2 heterocycles. The normalized spacial score (nSPS) is 11.0. The number of aromatic nitrogens is 3. The number of aryl methyl sites for hydroxylation is 1. The lowest BCUT2D eigenvalue weighted by molar-refractivity contribution is 0.612. The van der Waals surface area contributed by atoms with Crippen LogP contribution in [0.4, 0.5) is 10.2 Å². The Balaban J connectivity index is 1.62. The Hall–Kier alpha value is -2.38. The van der Waals surface area contributed by atoms with Crippen LogP contribution in [0.15, 0.2) is 52.4 Å². The van der Waals surface area contributed by atoms with E-state index in [1.807, 2.05) is 30.6 Å². The van der Waals surface area contributed by atoms with E-state index >= 15 is 0 Å². The van der Waals surface area contributed by atoms with Gasteiger partial charge in [-0.2, -0.15) is 0 Å². The highest BCUT2D eigenvalue weighted by molar-refractivity contribution is 9.10. The van der Waals surface area contributed by atoms with E-state index in [0.717, 1.165) is 25.9 Å². The minimum absolute atomic E-state index is 0.248. The van der Waals surface area contributed by atoms with Gasteiger partial charge in [-0.25, -0.2) is 19.3 Å². The number of hydrogen-bond acceptors (Lipinski definition) is 5. The third kappa shape index (κ3) is 3.59. The van der Waals surface area contributed by atoms with Gasteiger partial charge in [0.25, 0.3) is 0 Å². The van der Waals surface area contributed by atoms with Crippen molar-refractivity contribution in [1.29, 1.82) is 0 Å². The van der Waals surface area contributed by atoms with Crippen LogP contribution in [-0.2, 0) is 6.54 Å². The van der Waals surface area contributed by atoms with Crippen LogP contribution in [0, 0.1) is 12.7 Å². The number of fused-ring (bicyclic) bond motifs is 1. The zero-order valence-electron chi connectivity index (χ0n) is 13.8. The summed E-state index contributed by atoms with van der Waals surface area (Å²) < 4.78 is 15.9. The standard InChI is InChI=1S/C19H14BrFN4S/c1-11-24-17(12-2-5-16-18(7-12)26-10-23-16)8-19(25-11)22-9-13-6-14(20)3-4-15(13)21/h2-8,10H,9H2,1H3,(H,22,24,25). The Morgan fingerprint density at radius 3 is 2.88 bits per heavy atom. The quantitative estimate of drug-likeness (QED) is 0.461. The van der Waals surface area contributed by atoms with Crippen LogP contribution in [-0.4, -0.2) is 15.0 Å². The minimum Gasteiger partial charge on any atom is -0.366 e. The van der Waals surface area contributed by atoms with E-state index in [-0.39, 0.29) is 5.82 Å². The second-order valence-corrected chi connectivity index (χ2v) is 7.61. The van der Waals surface area contributed by atoms with Crippen LogP contribution < -0.4 is 5.32 Å². The topological polar surface area (TPSA) is 50.7 Å². The van der Waals surface area contributed by atoms with Gasteiger partial charge in [-0.05, 0) is 37.3 Å². The highest BCUT2D eigenvalue weighted by Gasteiger charge is 2.08. The summed E-state index contributed by atoms with van der Waals surface area (Å²) in [7, 11) is 0. The summed E-state index contributed by atoms with van der Waals surface area (Å²) in [5.74, 6) is 1.07. The van der Waals surface area contributed by atoms with E-state index in [0.29, 0.717) is 23.8 Å². The molecule has 0 unspecified atom stereocenters. The molecule has 0 aliphatic rings. The number of halogens is 2. The lowest BCUT2D eigenvalue weighted by atomic mass is 10.1. The minimum atomic E-state index is -0.248. The van der Waals surface area contributed by atoms with Crippen molar-refractivity contribution >= 4 is 43.3 Å². The Morgan fingerprint density at radius 1 is 1.12 bits per heavy atom. The summed E-state index contributed by atoms with van der Waals surface area (Å²) in [4.78, 5) is 13.2. The summed E-state index contributed by atoms with van der Waals surface area (Å²) in [5, 5.41) is 3.19. The molecule has 0 amide bonds. The third-order valence-corrected chi connectivity index (χ3v) is 5.22. The van der Waals surface area contributed by atoms with E-state index in [1.165, 1.54) is 6.07 Å². The smallest absolute Gasteiger partial charge is 0.130 e. The Kier molecular flexibility index (Phi) is 4.65. The monoisotopic (exact) mass is 428 g/mol. The predicted octanol–water partition coefficient (Wildman–Crippen LogP) is 5.58. The maximum absolute atomic E-state index is 13.9. The molecule has 2 aromatic heterocycles. The van der Waals surface area contributed by atoms with Crippen molar-refractivity contribution in [1.82, 2.24) is 15.0 Å². The Labute approximate surface area is 162 Å². The van der Waals surface area contributed by atoms with Crippen molar-refractivity contribution in [3.8, 4) is 11.3 Å². The first-order valence-corrected chi connectivity index (χ1v) is 9.63. The Bertz CT molecular complexity index is 1100.